The number of rotatable bonds is 7. The van der Waals surface area contributed by atoms with Crippen molar-refractivity contribution in [1.29, 1.82) is 0 Å². The summed E-state index contributed by atoms with van der Waals surface area (Å²) in [5.41, 5.74) is 4.82. The molecule has 2 amide bonds. The summed E-state index contributed by atoms with van der Waals surface area (Å²) >= 11 is 0. The lowest BCUT2D eigenvalue weighted by atomic mass is 9.94. The van der Waals surface area contributed by atoms with E-state index in [0.717, 1.165) is 48.7 Å². The zero-order chi connectivity index (χ0) is 25.3. The predicted octanol–water partition coefficient (Wildman–Crippen LogP) is 5.62. The van der Waals surface area contributed by atoms with Crippen molar-refractivity contribution in [1.82, 2.24) is 19.4 Å². The second-order valence-electron chi connectivity index (χ2n) is 11.1. The molecule has 0 fully saturated rings. The van der Waals surface area contributed by atoms with Gasteiger partial charge in [-0.15, -0.1) is 0 Å². The molecule has 1 N–H and O–H groups in total. The standard InChI is InChI=1S/C27H39N7O/c1-8-18(2)10-13-32(17-27(5,6)7)23-9-12-28-24-21(23)11-14-34(24)26(35)31-22-16-33-15-19(3)29-25(33)30-20(22)4/h9,12,15-16,18H,8,10-11,13-14,17H2,1-7H3,(H,31,35). The minimum absolute atomic E-state index is 0.163. The van der Waals surface area contributed by atoms with Crippen LogP contribution in [0.4, 0.5) is 22.0 Å². The molecule has 3 aromatic heterocycles. The first-order valence-corrected chi connectivity index (χ1v) is 12.7. The van der Waals surface area contributed by atoms with Crippen LogP contribution < -0.4 is 15.1 Å². The van der Waals surface area contributed by atoms with Gasteiger partial charge in [-0.3, -0.25) is 9.30 Å². The monoisotopic (exact) mass is 477 g/mol. The van der Waals surface area contributed by atoms with E-state index >= 15 is 0 Å². The van der Waals surface area contributed by atoms with Gasteiger partial charge in [0.05, 0.1) is 17.1 Å². The molecular weight excluding hydrogens is 438 g/mol. The highest BCUT2D eigenvalue weighted by Gasteiger charge is 2.31. The Kier molecular flexibility index (Phi) is 7.01. The Morgan fingerprint density at radius 2 is 2.00 bits per heavy atom. The Morgan fingerprint density at radius 3 is 2.71 bits per heavy atom. The number of aromatic nitrogens is 4. The van der Waals surface area contributed by atoms with Gasteiger partial charge in [0.25, 0.3) is 0 Å². The predicted molar refractivity (Wildman–Crippen MR) is 143 cm³/mol. The molecule has 8 nitrogen and oxygen atoms in total. The van der Waals surface area contributed by atoms with Crippen molar-refractivity contribution in [2.24, 2.45) is 11.3 Å². The quantitative estimate of drug-likeness (QED) is 0.477. The maximum atomic E-state index is 13.3. The van der Waals surface area contributed by atoms with E-state index < -0.39 is 0 Å². The Hall–Kier alpha value is -3.16. The molecule has 1 aliphatic heterocycles. The van der Waals surface area contributed by atoms with Crippen LogP contribution in [-0.4, -0.2) is 45.0 Å². The Morgan fingerprint density at radius 1 is 1.23 bits per heavy atom. The van der Waals surface area contributed by atoms with E-state index in [-0.39, 0.29) is 11.4 Å². The number of nitrogens with one attached hydrogen (secondary N) is 1. The van der Waals surface area contributed by atoms with Gasteiger partial charge in [0.1, 0.15) is 5.82 Å². The zero-order valence-electron chi connectivity index (χ0n) is 22.2. The SMILES string of the molecule is CCC(C)CCN(CC(C)(C)C)c1ccnc2c1CCN2C(=O)Nc1cn2cc(C)nc2nc1C. The molecule has 0 saturated carbocycles. The highest BCUT2D eigenvalue weighted by Crippen LogP contribution is 2.36. The molecule has 3 aromatic rings. The molecule has 4 heterocycles. The van der Waals surface area contributed by atoms with Gasteiger partial charge >= 0.3 is 6.03 Å². The highest BCUT2D eigenvalue weighted by atomic mass is 16.2. The van der Waals surface area contributed by atoms with E-state index in [1.807, 2.05) is 36.8 Å². The lowest BCUT2D eigenvalue weighted by Crippen LogP contribution is -2.35. The number of nitrogens with zero attached hydrogens (tertiary/aromatic N) is 6. The summed E-state index contributed by atoms with van der Waals surface area (Å²) in [7, 11) is 0. The molecule has 1 atom stereocenters. The average Bonchev–Trinajstić information content (AvgIpc) is 3.38. The van der Waals surface area contributed by atoms with Crippen molar-refractivity contribution in [3.8, 4) is 0 Å². The van der Waals surface area contributed by atoms with Crippen LogP contribution in [0.3, 0.4) is 0 Å². The number of imidazole rings is 1. The second kappa shape index (κ2) is 9.84. The van der Waals surface area contributed by atoms with Crippen LogP contribution in [0.5, 0.6) is 0 Å². The van der Waals surface area contributed by atoms with Crippen LogP contribution in [0.15, 0.2) is 24.7 Å². The first kappa shape index (κ1) is 24.9. The van der Waals surface area contributed by atoms with Gasteiger partial charge < -0.3 is 10.2 Å². The zero-order valence-corrected chi connectivity index (χ0v) is 22.2. The number of amides is 2. The fourth-order valence-electron chi connectivity index (χ4n) is 4.63. The van der Waals surface area contributed by atoms with E-state index in [4.69, 9.17) is 0 Å². The van der Waals surface area contributed by atoms with Crippen LogP contribution in [0, 0.1) is 25.2 Å². The summed E-state index contributed by atoms with van der Waals surface area (Å²) in [4.78, 5) is 31.2. The number of carbonyl (C=O) groups excluding carboxylic acids is 1. The highest BCUT2D eigenvalue weighted by molar-refractivity contribution is 6.03. The minimum atomic E-state index is -0.184. The molecule has 1 unspecified atom stereocenters. The van der Waals surface area contributed by atoms with E-state index in [0.29, 0.717) is 23.9 Å². The van der Waals surface area contributed by atoms with Crippen molar-refractivity contribution < 1.29 is 4.79 Å². The fourth-order valence-corrected chi connectivity index (χ4v) is 4.63. The van der Waals surface area contributed by atoms with Gasteiger partial charge in [-0.25, -0.2) is 19.7 Å². The molecule has 0 radical (unpaired) electrons. The van der Waals surface area contributed by atoms with Gasteiger partial charge in [0.15, 0.2) is 0 Å². The van der Waals surface area contributed by atoms with Crippen molar-refractivity contribution in [3.05, 3.63) is 41.6 Å². The fraction of sp³-hybridized carbons (Fsp3) is 0.556. The number of hydrogen-bond donors (Lipinski definition) is 1. The first-order valence-electron chi connectivity index (χ1n) is 12.7. The summed E-state index contributed by atoms with van der Waals surface area (Å²) in [5, 5.41) is 3.05. The molecule has 0 aliphatic carbocycles. The van der Waals surface area contributed by atoms with Crippen molar-refractivity contribution in [2.75, 3.05) is 34.8 Å². The van der Waals surface area contributed by atoms with Crippen molar-refractivity contribution in [2.45, 2.75) is 67.7 Å². The normalized spacial score (nSPS) is 14.3. The van der Waals surface area contributed by atoms with Crippen LogP contribution in [-0.2, 0) is 6.42 Å². The lowest BCUT2D eigenvalue weighted by molar-refractivity contribution is 0.257. The van der Waals surface area contributed by atoms with Crippen LogP contribution in [0.1, 0.15) is 64.4 Å². The smallest absolute Gasteiger partial charge is 0.327 e. The average molecular weight is 478 g/mol. The molecule has 35 heavy (non-hydrogen) atoms. The number of pyridine rings is 1. The molecule has 8 heteroatoms. The maximum absolute atomic E-state index is 13.3. The topological polar surface area (TPSA) is 78.7 Å². The third-order valence-corrected chi connectivity index (χ3v) is 6.69. The van der Waals surface area contributed by atoms with Crippen LogP contribution in [0.2, 0.25) is 0 Å². The van der Waals surface area contributed by atoms with E-state index in [1.165, 1.54) is 12.1 Å². The van der Waals surface area contributed by atoms with Gasteiger partial charge in [0, 0.05) is 49.5 Å². The summed E-state index contributed by atoms with van der Waals surface area (Å²) in [5.74, 6) is 2.07. The van der Waals surface area contributed by atoms with Gasteiger partial charge in [-0.1, -0.05) is 41.0 Å². The molecule has 4 rings (SSSR count). The molecule has 0 bridgehead atoms. The number of fused-ring (bicyclic) bond motifs is 2. The number of carbonyl (C=O) groups is 1. The summed E-state index contributed by atoms with van der Waals surface area (Å²) in [6.45, 7) is 17.8. The van der Waals surface area contributed by atoms with Gasteiger partial charge in [0.2, 0.25) is 5.78 Å². The Bertz CT molecular complexity index is 1210. The largest absolute Gasteiger partial charge is 0.371 e. The van der Waals surface area contributed by atoms with Gasteiger partial charge in [-0.2, -0.15) is 0 Å². The van der Waals surface area contributed by atoms with E-state index in [2.05, 4.69) is 65.9 Å². The lowest BCUT2D eigenvalue weighted by Gasteiger charge is -2.34. The molecule has 188 valence electrons. The molecule has 0 aromatic carbocycles. The minimum Gasteiger partial charge on any atom is -0.371 e. The maximum Gasteiger partial charge on any atom is 0.327 e. The van der Waals surface area contributed by atoms with E-state index in [1.54, 1.807) is 4.90 Å². The molecule has 0 spiro atoms. The summed E-state index contributed by atoms with van der Waals surface area (Å²) in [6.07, 6.45) is 8.75. The third-order valence-electron chi connectivity index (χ3n) is 6.69. The van der Waals surface area contributed by atoms with Crippen molar-refractivity contribution in [3.63, 3.8) is 0 Å². The summed E-state index contributed by atoms with van der Waals surface area (Å²) in [6, 6.07) is 1.93. The van der Waals surface area contributed by atoms with Crippen LogP contribution in [0.25, 0.3) is 5.78 Å². The number of hydrogen-bond acceptors (Lipinski definition) is 5. The second-order valence-corrected chi connectivity index (χ2v) is 11.1. The van der Waals surface area contributed by atoms with Crippen molar-refractivity contribution >= 4 is 29.0 Å². The summed E-state index contributed by atoms with van der Waals surface area (Å²) < 4.78 is 1.84. The first-order chi connectivity index (χ1) is 16.6. The number of anilines is 3. The third kappa shape index (κ3) is 5.57. The Labute approximate surface area is 208 Å². The molecule has 0 saturated heterocycles. The molecule has 1 aliphatic rings. The molecular formula is C27H39N7O. The van der Waals surface area contributed by atoms with E-state index in [9.17, 15) is 4.79 Å². The number of urea groups is 1. The number of aryl methyl sites for hydroxylation is 2. The van der Waals surface area contributed by atoms with Crippen LogP contribution >= 0.6 is 0 Å². The Balaban J connectivity index is 1.58. The van der Waals surface area contributed by atoms with Gasteiger partial charge in [-0.05, 0) is 44.1 Å².